The Bertz CT molecular complexity index is 575. The lowest BCUT2D eigenvalue weighted by molar-refractivity contribution is -0.385. The number of carbonyl (C=O) groups is 2. The van der Waals surface area contributed by atoms with Crippen LogP contribution in [-0.2, 0) is 4.79 Å². The highest BCUT2D eigenvalue weighted by molar-refractivity contribution is 6.33. The number of nitrogens with one attached hydrogen (secondary N) is 1. The number of nitro benzene ring substituents is 1. The number of hydrogen-bond donors (Lipinski definition) is 2. The van der Waals surface area contributed by atoms with Crippen LogP contribution in [0.5, 0.6) is 0 Å². The van der Waals surface area contributed by atoms with E-state index in [0.29, 0.717) is 0 Å². The highest BCUT2D eigenvalue weighted by Gasteiger charge is 2.35. The van der Waals surface area contributed by atoms with Gasteiger partial charge in [0.15, 0.2) is 0 Å². The Morgan fingerprint density at radius 2 is 2.10 bits per heavy atom. The van der Waals surface area contributed by atoms with Crippen LogP contribution in [0.25, 0.3) is 0 Å². The van der Waals surface area contributed by atoms with Gasteiger partial charge in [-0.2, -0.15) is 0 Å². The lowest BCUT2D eigenvalue weighted by atomic mass is 9.98. The van der Waals surface area contributed by atoms with Crippen molar-refractivity contribution in [1.29, 1.82) is 0 Å². The van der Waals surface area contributed by atoms with E-state index in [-0.39, 0.29) is 17.0 Å². The smallest absolute Gasteiger partial charge is 0.329 e. The van der Waals surface area contributed by atoms with Gasteiger partial charge in [-0.25, -0.2) is 4.79 Å². The molecule has 0 radical (unpaired) electrons. The van der Waals surface area contributed by atoms with E-state index in [1.807, 2.05) is 0 Å². The van der Waals surface area contributed by atoms with Gasteiger partial charge in [0.25, 0.3) is 5.91 Å². The first-order valence-corrected chi connectivity index (χ1v) is 6.09. The molecule has 20 heavy (non-hydrogen) atoms. The normalized spacial score (nSPS) is 13.3. The molecule has 0 aliphatic carbocycles. The third kappa shape index (κ3) is 3.05. The van der Waals surface area contributed by atoms with E-state index in [1.54, 1.807) is 6.92 Å². The zero-order valence-corrected chi connectivity index (χ0v) is 11.6. The quantitative estimate of drug-likeness (QED) is 0.640. The molecule has 1 aromatic carbocycles. The van der Waals surface area contributed by atoms with Crippen molar-refractivity contribution >= 4 is 29.2 Å². The largest absolute Gasteiger partial charge is 0.480 e. The molecule has 0 aliphatic rings. The number of carboxylic acid groups (broad SMARTS) is 1. The molecule has 1 amide bonds. The summed E-state index contributed by atoms with van der Waals surface area (Å²) in [5.74, 6) is -2.08. The third-order valence-electron chi connectivity index (χ3n) is 2.98. The van der Waals surface area contributed by atoms with Crippen LogP contribution in [0, 0.1) is 10.1 Å². The number of aliphatic carboxylic acids is 1. The predicted octanol–water partition coefficient (Wildman–Crippen LogP) is 2.23. The van der Waals surface area contributed by atoms with Gasteiger partial charge in [-0.05, 0) is 25.5 Å². The minimum absolute atomic E-state index is 0.127. The van der Waals surface area contributed by atoms with Gasteiger partial charge in [0.1, 0.15) is 16.1 Å². The van der Waals surface area contributed by atoms with E-state index < -0.39 is 28.0 Å². The van der Waals surface area contributed by atoms with Crippen LogP contribution < -0.4 is 5.32 Å². The zero-order valence-electron chi connectivity index (χ0n) is 10.8. The van der Waals surface area contributed by atoms with Crippen molar-refractivity contribution in [3.8, 4) is 0 Å². The maximum absolute atomic E-state index is 12.1. The molecule has 7 nitrogen and oxygen atoms in total. The zero-order chi connectivity index (χ0) is 15.5. The summed E-state index contributed by atoms with van der Waals surface area (Å²) >= 11 is 5.70. The van der Waals surface area contributed by atoms with Crippen LogP contribution in [0.15, 0.2) is 18.2 Å². The lowest BCUT2D eigenvalue weighted by Gasteiger charge is -2.24. The Balaban J connectivity index is 3.20. The molecule has 0 aromatic heterocycles. The Morgan fingerprint density at radius 1 is 1.50 bits per heavy atom. The summed E-state index contributed by atoms with van der Waals surface area (Å²) in [7, 11) is 0. The average Bonchev–Trinajstić information content (AvgIpc) is 2.37. The Morgan fingerprint density at radius 3 is 2.55 bits per heavy atom. The van der Waals surface area contributed by atoms with E-state index >= 15 is 0 Å². The van der Waals surface area contributed by atoms with Crippen LogP contribution in [-0.4, -0.2) is 27.4 Å². The molecule has 0 aliphatic heterocycles. The number of nitrogens with zero attached hydrogens (tertiary/aromatic N) is 1. The first-order chi connectivity index (χ1) is 9.23. The second kappa shape index (κ2) is 5.87. The summed E-state index contributed by atoms with van der Waals surface area (Å²) < 4.78 is 0. The molecule has 1 atom stereocenters. The molecule has 0 fully saturated rings. The second-order valence-corrected chi connectivity index (χ2v) is 4.75. The Kier molecular flexibility index (Phi) is 4.67. The van der Waals surface area contributed by atoms with E-state index in [4.69, 9.17) is 16.7 Å². The van der Waals surface area contributed by atoms with Crippen molar-refractivity contribution in [1.82, 2.24) is 5.32 Å². The second-order valence-electron chi connectivity index (χ2n) is 4.34. The Labute approximate surface area is 119 Å². The molecule has 2 N–H and O–H groups in total. The van der Waals surface area contributed by atoms with Crippen molar-refractivity contribution in [2.75, 3.05) is 0 Å². The van der Waals surface area contributed by atoms with Crippen molar-refractivity contribution in [3.63, 3.8) is 0 Å². The summed E-state index contributed by atoms with van der Waals surface area (Å²) in [6.07, 6.45) is 0.127. The fourth-order valence-electron chi connectivity index (χ4n) is 1.50. The van der Waals surface area contributed by atoms with Crippen molar-refractivity contribution in [2.45, 2.75) is 25.8 Å². The number of para-hydroxylation sites is 1. The van der Waals surface area contributed by atoms with Gasteiger partial charge >= 0.3 is 11.7 Å². The minimum Gasteiger partial charge on any atom is -0.480 e. The summed E-state index contributed by atoms with van der Waals surface area (Å²) in [6.45, 7) is 2.91. The highest BCUT2D eigenvalue weighted by atomic mass is 35.5. The van der Waals surface area contributed by atoms with E-state index in [0.717, 1.165) is 0 Å². The number of rotatable bonds is 5. The van der Waals surface area contributed by atoms with Gasteiger partial charge < -0.3 is 10.4 Å². The van der Waals surface area contributed by atoms with Gasteiger partial charge in [0, 0.05) is 0 Å². The summed E-state index contributed by atoms with van der Waals surface area (Å²) in [6, 6.07) is 3.89. The van der Waals surface area contributed by atoms with Crippen LogP contribution in [0.4, 0.5) is 5.69 Å². The van der Waals surface area contributed by atoms with Gasteiger partial charge in [-0.15, -0.1) is 0 Å². The molecule has 0 saturated heterocycles. The first kappa shape index (κ1) is 15.9. The van der Waals surface area contributed by atoms with Crippen LogP contribution in [0.3, 0.4) is 0 Å². The number of carbonyl (C=O) groups excluding carboxylic acids is 1. The van der Waals surface area contributed by atoms with Crippen LogP contribution in [0.2, 0.25) is 5.02 Å². The van der Waals surface area contributed by atoms with Crippen molar-refractivity contribution in [2.24, 2.45) is 0 Å². The summed E-state index contributed by atoms with van der Waals surface area (Å²) in [5, 5.41) is 22.1. The fourth-order valence-corrected chi connectivity index (χ4v) is 1.74. The topological polar surface area (TPSA) is 110 Å². The fraction of sp³-hybridized carbons (Fsp3) is 0.333. The highest BCUT2D eigenvalue weighted by Crippen LogP contribution is 2.28. The van der Waals surface area contributed by atoms with Crippen molar-refractivity contribution in [3.05, 3.63) is 38.9 Å². The molecule has 0 spiro atoms. The van der Waals surface area contributed by atoms with Gasteiger partial charge in [-0.1, -0.05) is 24.6 Å². The number of nitro groups is 1. The standard InChI is InChI=1S/C12H13ClN2O5/c1-3-12(2,11(17)18)14-10(16)7-5-4-6-8(13)9(7)15(19)20/h4-6H,3H2,1-2H3,(H,14,16)(H,17,18). The molecule has 108 valence electrons. The summed E-state index contributed by atoms with van der Waals surface area (Å²) in [5.41, 5.74) is -2.33. The molecule has 1 unspecified atom stereocenters. The molecular formula is C12H13ClN2O5. The number of halogens is 1. The predicted molar refractivity (Wildman–Crippen MR) is 71.9 cm³/mol. The maximum atomic E-state index is 12.1. The molecule has 1 aromatic rings. The van der Waals surface area contributed by atoms with E-state index in [9.17, 15) is 19.7 Å². The number of hydrogen-bond acceptors (Lipinski definition) is 4. The molecular weight excluding hydrogens is 288 g/mol. The van der Waals surface area contributed by atoms with Crippen molar-refractivity contribution < 1.29 is 19.6 Å². The number of benzene rings is 1. The molecule has 0 saturated carbocycles. The maximum Gasteiger partial charge on any atom is 0.329 e. The molecule has 1 rings (SSSR count). The Hall–Kier alpha value is -2.15. The lowest BCUT2D eigenvalue weighted by Crippen LogP contribution is -2.51. The van der Waals surface area contributed by atoms with E-state index in [1.165, 1.54) is 25.1 Å². The SMILES string of the molecule is CCC(C)(NC(=O)c1cccc(Cl)c1[N+](=O)[O-])C(=O)O. The number of carboxylic acids is 1. The molecule has 0 heterocycles. The summed E-state index contributed by atoms with van der Waals surface area (Å²) in [4.78, 5) is 33.4. The van der Waals surface area contributed by atoms with Gasteiger partial charge in [0.2, 0.25) is 0 Å². The van der Waals surface area contributed by atoms with Crippen LogP contribution in [0.1, 0.15) is 30.6 Å². The first-order valence-electron chi connectivity index (χ1n) is 5.71. The molecule has 8 heteroatoms. The monoisotopic (exact) mass is 300 g/mol. The third-order valence-corrected chi connectivity index (χ3v) is 3.29. The van der Waals surface area contributed by atoms with Gasteiger partial charge in [0.05, 0.1) is 4.92 Å². The van der Waals surface area contributed by atoms with E-state index in [2.05, 4.69) is 5.32 Å². The van der Waals surface area contributed by atoms with Crippen LogP contribution >= 0.6 is 11.6 Å². The molecule has 0 bridgehead atoms. The average molecular weight is 301 g/mol. The number of amides is 1. The minimum atomic E-state index is -1.51. The van der Waals surface area contributed by atoms with Gasteiger partial charge in [-0.3, -0.25) is 14.9 Å².